The Morgan fingerprint density at radius 1 is 0.812 bits per heavy atom. The minimum atomic E-state index is -0.809. The molecule has 0 aromatic heterocycles. The molecule has 1 unspecified atom stereocenters. The first kappa shape index (κ1) is 34.3. The van der Waals surface area contributed by atoms with Gasteiger partial charge in [-0.1, -0.05) is 80.1 Å². The highest BCUT2D eigenvalue weighted by molar-refractivity contribution is 6.46. The van der Waals surface area contributed by atoms with Crippen LogP contribution in [0.5, 0.6) is 17.2 Å². The second-order valence-electron chi connectivity index (χ2n) is 11.9. The Balaban J connectivity index is 1.44. The van der Waals surface area contributed by atoms with Gasteiger partial charge in [0, 0.05) is 12.1 Å². The van der Waals surface area contributed by atoms with Gasteiger partial charge in [0.1, 0.15) is 24.7 Å². The minimum absolute atomic E-state index is 0.0381. The lowest BCUT2D eigenvalue weighted by molar-refractivity contribution is -0.140. The maximum Gasteiger partial charge on any atom is 0.295 e. The Morgan fingerprint density at radius 2 is 1.48 bits per heavy atom. The van der Waals surface area contributed by atoms with Crippen LogP contribution in [0.25, 0.3) is 5.76 Å². The van der Waals surface area contributed by atoms with Crippen LogP contribution in [0, 0.1) is 6.92 Å². The first-order valence-electron chi connectivity index (χ1n) is 16.5. The molecule has 8 nitrogen and oxygen atoms in total. The average Bonchev–Trinajstić information content (AvgIpc) is 3.37. The Hall–Kier alpha value is -5.08. The van der Waals surface area contributed by atoms with Crippen LogP contribution >= 0.6 is 0 Å². The van der Waals surface area contributed by atoms with E-state index in [0.717, 1.165) is 30.8 Å². The normalized spacial score (nSPS) is 15.6. The molecule has 0 saturated carbocycles. The molecule has 1 aliphatic rings. The van der Waals surface area contributed by atoms with E-state index in [1.54, 1.807) is 48.4 Å². The van der Waals surface area contributed by atoms with E-state index in [2.05, 4.69) is 18.7 Å². The van der Waals surface area contributed by atoms with Crippen LogP contribution in [0.2, 0.25) is 0 Å². The van der Waals surface area contributed by atoms with E-state index in [1.165, 1.54) is 5.56 Å². The van der Waals surface area contributed by atoms with Crippen molar-refractivity contribution in [3.05, 3.63) is 130 Å². The Bertz CT molecular complexity index is 1710. The molecule has 0 radical (unpaired) electrons. The summed E-state index contributed by atoms with van der Waals surface area (Å²) >= 11 is 0. The molecule has 1 heterocycles. The Labute approximate surface area is 283 Å². The number of ether oxygens (including phenoxy) is 3. The van der Waals surface area contributed by atoms with Crippen molar-refractivity contribution < 1.29 is 28.9 Å². The number of carbonyl (C=O) groups is 2. The fourth-order valence-corrected chi connectivity index (χ4v) is 5.89. The number of likely N-dealkylation sites (tertiary alicyclic amines) is 1. The summed E-state index contributed by atoms with van der Waals surface area (Å²) in [6.07, 6.45) is 0.674. The van der Waals surface area contributed by atoms with Crippen molar-refractivity contribution >= 4 is 17.4 Å². The molecule has 4 aromatic carbocycles. The molecule has 4 aromatic rings. The van der Waals surface area contributed by atoms with Gasteiger partial charge in [-0.05, 0) is 86.1 Å². The zero-order valence-electron chi connectivity index (χ0n) is 28.1. The molecule has 0 bridgehead atoms. The summed E-state index contributed by atoms with van der Waals surface area (Å²) in [6.45, 7) is 9.91. The van der Waals surface area contributed by atoms with Gasteiger partial charge >= 0.3 is 0 Å². The van der Waals surface area contributed by atoms with E-state index in [9.17, 15) is 14.7 Å². The predicted molar refractivity (Wildman–Crippen MR) is 187 cm³/mol. The van der Waals surface area contributed by atoms with Gasteiger partial charge in [-0.3, -0.25) is 9.59 Å². The van der Waals surface area contributed by atoms with Crippen LogP contribution in [0.1, 0.15) is 54.1 Å². The van der Waals surface area contributed by atoms with Gasteiger partial charge in [-0.2, -0.15) is 0 Å². The van der Waals surface area contributed by atoms with Gasteiger partial charge in [0.15, 0.2) is 11.5 Å². The third-order valence-corrected chi connectivity index (χ3v) is 8.70. The number of benzene rings is 4. The smallest absolute Gasteiger partial charge is 0.295 e. The predicted octanol–water partition coefficient (Wildman–Crippen LogP) is 7.32. The van der Waals surface area contributed by atoms with Crippen molar-refractivity contribution in [2.45, 2.75) is 46.4 Å². The molecule has 1 atom stereocenters. The summed E-state index contributed by atoms with van der Waals surface area (Å²) in [5, 5.41) is 11.6. The van der Waals surface area contributed by atoms with Gasteiger partial charge in [-0.25, -0.2) is 0 Å². The van der Waals surface area contributed by atoms with E-state index < -0.39 is 17.7 Å². The van der Waals surface area contributed by atoms with Crippen LogP contribution in [-0.4, -0.2) is 59.9 Å². The number of aliphatic hydroxyl groups excluding tert-OH is 1. The summed E-state index contributed by atoms with van der Waals surface area (Å²) in [5.74, 6) is 0.0254. The molecular weight excluding hydrogens is 604 g/mol. The monoisotopic (exact) mass is 648 g/mol. The minimum Gasteiger partial charge on any atom is -0.507 e. The molecular formula is C40H44N2O6. The highest BCUT2D eigenvalue weighted by Crippen LogP contribution is 2.42. The van der Waals surface area contributed by atoms with Crippen LogP contribution in [0.3, 0.4) is 0 Å². The molecule has 1 N–H and O–H groups in total. The van der Waals surface area contributed by atoms with E-state index in [-0.39, 0.29) is 11.3 Å². The van der Waals surface area contributed by atoms with Crippen LogP contribution in [0.15, 0.2) is 103 Å². The van der Waals surface area contributed by atoms with E-state index >= 15 is 0 Å². The molecule has 0 aliphatic carbocycles. The maximum atomic E-state index is 13.7. The molecule has 1 saturated heterocycles. The van der Waals surface area contributed by atoms with Crippen molar-refractivity contribution in [3.8, 4) is 17.2 Å². The third kappa shape index (κ3) is 8.06. The van der Waals surface area contributed by atoms with Crippen molar-refractivity contribution in [1.82, 2.24) is 9.80 Å². The summed E-state index contributed by atoms with van der Waals surface area (Å²) in [4.78, 5) is 31.1. The number of rotatable bonds is 15. The van der Waals surface area contributed by atoms with Crippen molar-refractivity contribution in [1.29, 1.82) is 0 Å². The van der Waals surface area contributed by atoms with Crippen LogP contribution in [0.4, 0.5) is 0 Å². The van der Waals surface area contributed by atoms with Crippen LogP contribution < -0.4 is 14.2 Å². The zero-order chi connectivity index (χ0) is 34.0. The second-order valence-corrected chi connectivity index (χ2v) is 11.9. The highest BCUT2D eigenvalue weighted by Gasteiger charge is 2.46. The molecule has 0 spiro atoms. The van der Waals surface area contributed by atoms with E-state index in [1.807, 2.05) is 67.6 Å². The number of ketones is 1. The Kier molecular flexibility index (Phi) is 11.5. The molecule has 8 heteroatoms. The van der Waals surface area contributed by atoms with Gasteiger partial charge in [0.25, 0.3) is 11.7 Å². The zero-order valence-corrected chi connectivity index (χ0v) is 28.1. The number of aryl methyl sites for hydroxylation is 1. The van der Waals surface area contributed by atoms with Crippen molar-refractivity contribution in [2.75, 3.05) is 33.3 Å². The van der Waals surface area contributed by atoms with Gasteiger partial charge in [0.05, 0.1) is 18.7 Å². The molecule has 5 rings (SSSR count). The largest absolute Gasteiger partial charge is 0.507 e. The van der Waals surface area contributed by atoms with Gasteiger partial charge in [0.2, 0.25) is 0 Å². The molecule has 1 aliphatic heterocycles. The first-order valence-corrected chi connectivity index (χ1v) is 16.5. The standard InChI is InChI=1S/C40H44N2O6/c1-5-41(6-2)23-10-24-42-37(32-19-22-34(35(25-32)46-4)48-27-29-11-8-7-9-12-29)36(39(44)40(42)45)38(43)31-17-20-33(21-18-31)47-26-30-15-13-28(3)14-16-30/h7-9,11-22,25,37,43H,5-6,10,23-24,26-27H2,1-4H3/b38-36-. The average molecular weight is 649 g/mol. The fourth-order valence-electron chi connectivity index (χ4n) is 5.89. The Morgan fingerprint density at radius 3 is 2.15 bits per heavy atom. The maximum absolute atomic E-state index is 13.7. The number of hydrogen-bond donors (Lipinski definition) is 1. The first-order chi connectivity index (χ1) is 23.3. The fraction of sp³-hybridized carbons (Fsp3) is 0.300. The number of aliphatic hydroxyl groups is 1. The summed E-state index contributed by atoms with van der Waals surface area (Å²) in [6, 6.07) is 29.4. The van der Waals surface area contributed by atoms with Crippen molar-refractivity contribution in [3.63, 3.8) is 0 Å². The molecule has 1 fully saturated rings. The third-order valence-electron chi connectivity index (χ3n) is 8.70. The van der Waals surface area contributed by atoms with E-state index in [0.29, 0.717) is 54.6 Å². The lowest BCUT2D eigenvalue weighted by atomic mass is 9.95. The number of hydrogen-bond acceptors (Lipinski definition) is 7. The highest BCUT2D eigenvalue weighted by atomic mass is 16.5. The lowest BCUT2D eigenvalue weighted by Crippen LogP contribution is -2.33. The number of carbonyl (C=O) groups excluding carboxylic acids is 2. The quantitative estimate of drug-likeness (QED) is 0.0821. The SMILES string of the molecule is CCN(CC)CCCN1C(=O)C(=O)/C(=C(\O)c2ccc(OCc3ccc(C)cc3)cc2)C1c1ccc(OCc2ccccc2)c(OC)c1. The number of methoxy groups -OCH3 is 1. The number of Topliss-reactive ketones (excluding diaryl/α,β-unsaturated/α-hetero) is 1. The summed E-state index contributed by atoms with van der Waals surface area (Å²) in [7, 11) is 1.55. The summed E-state index contributed by atoms with van der Waals surface area (Å²) in [5.41, 5.74) is 4.32. The molecule has 1 amide bonds. The van der Waals surface area contributed by atoms with Gasteiger partial charge in [-0.15, -0.1) is 0 Å². The number of nitrogens with zero attached hydrogens (tertiary/aromatic N) is 2. The molecule has 250 valence electrons. The van der Waals surface area contributed by atoms with E-state index in [4.69, 9.17) is 14.2 Å². The van der Waals surface area contributed by atoms with Crippen LogP contribution in [-0.2, 0) is 22.8 Å². The topological polar surface area (TPSA) is 88.5 Å². The summed E-state index contributed by atoms with van der Waals surface area (Å²) < 4.78 is 17.7. The van der Waals surface area contributed by atoms with Gasteiger partial charge < -0.3 is 29.1 Å². The number of amides is 1. The second kappa shape index (κ2) is 16.2. The molecule has 48 heavy (non-hydrogen) atoms. The van der Waals surface area contributed by atoms with Crippen molar-refractivity contribution in [2.24, 2.45) is 0 Å². The lowest BCUT2D eigenvalue weighted by Gasteiger charge is -2.27.